The molecule has 1 aliphatic carbocycles. The van der Waals surface area contributed by atoms with E-state index in [1.165, 1.54) is 4.90 Å². The van der Waals surface area contributed by atoms with Crippen molar-refractivity contribution in [3.8, 4) is 5.75 Å². The first-order valence-electron chi connectivity index (χ1n) is 9.14. The van der Waals surface area contributed by atoms with Gasteiger partial charge in [0.2, 0.25) is 11.8 Å². The van der Waals surface area contributed by atoms with E-state index in [-0.39, 0.29) is 17.6 Å². The van der Waals surface area contributed by atoms with Crippen LogP contribution in [0.3, 0.4) is 0 Å². The Morgan fingerprint density at radius 1 is 1.21 bits per heavy atom. The molecule has 4 nitrogen and oxygen atoms in total. The molecule has 142 valence electrons. The Labute approximate surface area is 172 Å². The van der Waals surface area contributed by atoms with Crippen molar-refractivity contribution in [1.82, 2.24) is 0 Å². The molecule has 0 bridgehead atoms. The van der Waals surface area contributed by atoms with Crippen LogP contribution in [-0.4, -0.2) is 16.9 Å². The quantitative estimate of drug-likeness (QED) is 0.690. The first kappa shape index (κ1) is 18.7. The van der Waals surface area contributed by atoms with Crippen LogP contribution in [0.2, 0.25) is 0 Å². The highest BCUT2D eigenvalue weighted by atomic mass is 79.9. The van der Waals surface area contributed by atoms with Crippen LogP contribution in [0, 0.1) is 11.3 Å². The molecule has 1 heterocycles. The number of para-hydroxylation sites is 1. The third-order valence-corrected chi connectivity index (χ3v) is 6.47. The minimum absolute atomic E-state index is 0.0984. The fourth-order valence-electron chi connectivity index (χ4n) is 4.57. The van der Waals surface area contributed by atoms with Gasteiger partial charge in [0.05, 0.1) is 17.0 Å². The van der Waals surface area contributed by atoms with Gasteiger partial charge in [-0.15, -0.1) is 0 Å². The van der Waals surface area contributed by atoms with Crippen LogP contribution in [0.1, 0.15) is 24.8 Å². The number of hydrogen-bond donors (Lipinski definition) is 1. The number of aromatic hydroxyl groups is 1. The van der Waals surface area contributed by atoms with E-state index in [9.17, 15) is 14.7 Å². The van der Waals surface area contributed by atoms with E-state index in [4.69, 9.17) is 0 Å². The lowest BCUT2D eigenvalue weighted by molar-refractivity contribution is -0.127. The van der Waals surface area contributed by atoms with Gasteiger partial charge in [0.25, 0.3) is 0 Å². The fraction of sp³-hybridized carbons (Fsp3) is 0.217. The minimum Gasteiger partial charge on any atom is -0.508 e. The van der Waals surface area contributed by atoms with Crippen LogP contribution < -0.4 is 4.90 Å². The second-order valence-corrected chi connectivity index (χ2v) is 8.35. The largest absolute Gasteiger partial charge is 0.508 e. The zero-order valence-corrected chi connectivity index (χ0v) is 17.0. The van der Waals surface area contributed by atoms with Crippen LogP contribution in [0.25, 0.3) is 0 Å². The van der Waals surface area contributed by atoms with E-state index >= 15 is 0 Å². The van der Waals surface area contributed by atoms with Crippen molar-refractivity contribution in [3.05, 3.63) is 82.9 Å². The number of phenols is 1. The van der Waals surface area contributed by atoms with Crippen molar-refractivity contribution in [3.63, 3.8) is 0 Å². The molecule has 28 heavy (non-hydrogen) atoms. The second-order valence-electron chi connectivity index (χ2n) is 7.43. The molecular weight excluding hydrogens is 418 g/mol. The van der Waals surface area contributed by atoms with Crippen molar-refractivity contribution < 1.29 is 14.7 Å². The zero-order chi connectivity index (χ0) is 20.1. The van der Waals surface area contributed by atoms with Gasteiger partial charge in [-0.3, -0.25) is 9.59 Å². The lowest BCUT2D eigenvalue weighted by atomic mass is 9.60. The van der Waals surface area contributed by atoms with Crippen LogP contribution in [-0.2, 0) is 9.59 Å². The minimum atomic E-state index is -1.01. The molecule has 0 saturated carbocycles. The maximum atomic E-state index is 13.7. The van der Waals surface area contributed by atoms with Gasteiger partial charge in [-0.2, -0.15) is 0 Å². The Morgan fingerprint density at radius 3 is 2.61 bits per heavy atom. The van der Waals surface area contributed by atoms with Crippen LogP contribution >= 0.6 is 15.9 Å². The summed E-state index contributed by atoms with van der Waals surface area (Å²) in [5.74, 6) is -1.30. The summed E-state index contributed by atoms with van der Waals surface area (Å²) >= 11 is 3.45. The van der Waals surface area contributed by atoms with E-state index in [2.05, 4.69) is 22.5 Å². The number of allylic oxidation sites excluding steroid dienone is 3. The summed E-state index contributed by atoms with van der Waals surface area (Å²) in [6.07, 6.45) is 4.15. The molecule has 2 aromatic rings. The molecule has 5 heteroatoms. The van der Waals surface area contributed by atoms with E-state index < -0.39 is 17.3 Å². The maximum Gasteiger partial charge on any atom is 0.241 e. The third kappa shape index (κ3) is 2.57. The average molecular weight is 438 g/mol. The monoisotopic (exact) mass is 437 g/mol. The summed E-state index contributed by atoms with van der Waals surface area (Å²) in [5.41, 5.74) is 1.03. The maximum absolute atomic E-state index is 13.7. The van der Waals surface area contributed by atoms with E-state index in [1.54, 1.807) is 30.3 Å². The van der Waals surface area contributed by atoms with Gasteiger partial charge in [0, 0.05) is 16.0 Å². The van der Waals surface area contributed by atoms with Gasteiger partial charge in [-0.1, -0.05) is 52.9 Å². The molecular formula is C23H20BrNO3. The number of phenolic OH excluding ortho intramolecular Hbond substituents is 1. The standard InChI is InChI=1S/C23H20BrNO3/c1-3-14-9-11-18-21(27)25(16-7-5-4-6-8-16)22(28)23(18,2)20(14)17-13-15(24)10-12-19(17)26/h3-10,12-13,18,20,26H,1,11H2,2H3/t18-,20+,23+/m0/s1. The smallest absolute Gasteiger partial charge is 0.241 e. The topological polar surface area (TPSA) is 57.6 Å². The number of imide groups is 1. The Morgan fingerprint density at radius 2 is 1.93 bits per heavy atom. The second kappa shape index (κ2) is 6.74. The number of benzene rings is 2. The number of fused-ring (bicyclic) bond motifs is 1. The summed E-state index contributed by atoms with van der Waals surface area (Å²) in [4.78, 5) is 28.2. The number of hydrogen-bond acceptors (Lipinski definition) is 3. The highest BCUT2D eigenvalue weighted by Gasteiger charge is 2.62. The van der Waals surface area contributed by atoms with E-state index in [1.807, 2.05) is 37.3 Å². The average Bonchev–Trinajstić information content (AvgIpc) is 2.89. The molecule has 0 unspecified atom stereocenters. The number of anilines is 1. The molecule has 4 rings (SSSR count). The molecule has 1 fully saturated rings. The van der Waals surface area contributed by atoms with E-state index in [0.29, 0.717) is 17.7 Å². The van der Waals surface area contributed by atoms with Gasteiger partial charge < -0.3 is 5.11 Å². The zero-order valence-electron chi connectivity index (χ0n) is 15.4. The lowest BCUT2D eigenvalue weighted by Gasteiger charge is -2.40. The molecule has 3 atom stereocenters. The number of halogens is 1. The number of rotatable bonds is 3. The number of carbonyl (C=O) groups is 2. The van der Waals surface area contributed by atoms with Crippen molar-refractivity contribution in [1.29, 1.82) is 0 Å². The van der Waals surface area contributed by atoms with Gasteiger partial charge in [0.1, 0.15) is 5.75 Å². The van der Waals surface area contributed by atoms with Crippen LogP contribution in [0.4, 0.5) is 5.69 Å². The predicted molar refractivity (Wildman–Crippen MR) is 112 cm³/mol. The van der Waals surface area contributed by atoms with Crippen molar-refractivity contribution in [2.75, 3.05) is 4.90 Å². The summed E-state index contributed by atoms with van der Waals surface area (Å²) in [5, 5.41) is 10.6. The SMILES string of the molecule is C=CC1=CC[C@H]2C(=O)N(c3ccccc3)C(=O)[C@@]2(C)[C@H]1c1cc(Br)ccc1O. The van der Waals surface area contributed by atoms with Crippen molar-refractivity contribution >= 4 is 33.4 Å². The summed E-state index contributed by atoms with van der Waals surface area (Å²) in [7, 11) is 0. The number of carbonyl (C=O) groups excluding carboxylic acids is 2. The summed E-state index contributed by atoms with van der Waals surface area (Å²) in [6.45, 7) is 5.74. The summed E-state index contributed by atoms with van der Waals surface area (Å²) in [6, 6.07) is 14.2. The number of amides is 2. The fourth-order valence-corrected chi connectivity index (χ4v) is 4.95. The molecule has 0 aromatic heterocycles. The first-order valence-corrected chi connectivity index (χ1v) is 9.93. The van der Waals surface area contributed by atoms with Gasteiger partial charge in [0.15, 0.2) is 0 Å². The molecule has 2 aromatic carbocycles. The first-order chi connectivity index (χ1) is 13.4. The Bertz CT molecular complexity index is 1010. The summed E-state index contributed by atoms with van der Waals surface area (Å²) < 4.78 is 0.797. The predicted octanol–water partition coefficient (Wildman–Crippen LogP) is 4.95. The normalized spacial score (nSPS) is 26.8. The number of nitrogens with zero attached hydrogens (tertiary/aromatic N) is 1. The molecule has 1 aliphatic heterocycles. The van der Waals surface area contributed by atoms with Gasteiger partial charge >= 0.3 is 0 Å². The van der Waals surface area contributed by atoms with Gasteiger partial charge in [-0.05, 0) is 49.2 Å². The van der Waals surface area contributed by atoms with Crippen LogP contribution in [0.5, 0.6) is 5.75 Å². The van der Waals surface area contributed by atoms with E-state index in [0.717, 1.165) is 10.0 Å². The molecule has 2 amide bonds. The Kier molecular flexibility index (Phi) is 4.50. The van der Waals surface area contributed by atoms with Crippen molar-refractivity contribution in [2.24, 2.45) is 11.3 Å². The lowest BCUT2D eigenvalue weighted by Crippen LogP contribution is -2.41. The third-order valence-electron chi connectivity index (χ3n) is 5.98. The molecule has 1 saturated heterocycles. The highest BCUT2D eigenvalue weighted by Crippen LogP contribution is 2.58. The molecule has 1 N–H and O–H groups in total. The Balaban J connectivity index is 1.91. The van der Waals surface area contributed by atoms with Crippen molar-refractivity contribution in [2.45, 2.75) is 19.3 Å². The highest BCUT2D eigenvalue weighted by molar-refractivity contribution is 9.10. The molecule has 0 radical (unpaired) electrons. The van der Waals surface area contributed by atoms with Crippen LogP contribution in [0.15, 0.2) is 77.3 Å². The Hall–Kier alpha value is -2.66. The molecule has 2 aliphatic rings. The molecule has 0 spiro atoms. The van der Waals surface area contributed by atoms with Gasteiger partial charge in [-0.25, -0.2) is 4.90 Å².